The van der Waals surface area contributed by atoms with Crippen molar-refractivity contribution in [3.8, 4) is 0 Å². The zero-order valence-electron chi connectivity index (χ0n) is 11.7. The van der Waals surface area contributed by atoms with Crippen LogP contribution >= 0.6 is 0 Å². The second kappa shape index (κ2) is 9.09. The maximum Gasteiger partial charge on any atom is 0.126 e. The number of halogens is 1. The van der Waals surface area contributed by atoms with Gasteiger partial charge in [-0.2, -0.15) is 0 Å². The standard InChI is InChI=1S/C16H26FN/c1-3-4-5-6-7-10-14(13-18-2)15-11-8-9-12-16(15)17/h8-9,11-12,14,18H,3-7,10,13H2,1-2H3. The topological polar surface area (TPSA) is 12.0 Å². The van der Waals surface area contributed by atoms with Crippen LogP contribution in [-0.2, 0) is 0 Å². The molecule has 1 aromatic carbocycles. The van der Waals surface area contributed by atoms with Gasteiger partial charge in [0.15, 0.2) is 0 Å². The third-order valence-corrected chi connectivity index (χ3v) is 3.45. The van der Waals surface area contributed by atoms with Gasteiger partial charge in [-0.15, -0.1) is 0 Å². The van der Waals surface area contributed by atoms with Gasteiger partial charge in [0.25, 0.3) is 0 Å². The number of rotatable bonds is 9. The van der Waals surface area contributed by atoms with Gasteiger partial charge in [-0.3, -0.25) is 0 Å². The van der Waals surface area contributed by atoms with E-state index in [1.165, 1.54) is 32.1 Å². The minimum Gasteiger partial charge on any atom is -0.319 e. The number of hydrogen-bond donors (Lipinski definition) is 1. The Balaban J connectivity index is 2.47. The van der Waals surface area contributed by atoms with Crippen LogP contribution in [0.5, 0.6) is 0 Å². The zero-order valence-corrected chi connectivity index (χ0v) is 11.7. The number of unbranched alkanes of at least 4 members (excludes halogenated alkanes) is 4. The van der Waals surface area contributed by atoms with Crippen LogP contribution in [0.3, 0.4) is 0 Å². The Hall–Kier alpha value is -0.890. The maximum absolute atomic E-state index is 13.8. The van der Waals surface area contributed by atoms with Crippen LogP contribution in [0.25, 0.3) is 0 Å². The van der Waals surface area contributed by atoms with E-state index in [2.05, 4.69) is 12.2 Å². The molecular weight excluding hydrogens is 225 g/mol. The van der Waals surface area contributed by atoms with Crippen LogP contribution in [0.15, 0.2) is 24.3 Å². The van der Waals surface area contributed by atoms with E-state index in [1.807, 2.05) is 19.2 Å². The summed E-state index contributed by atoms with van der Waals surface area (Å²) < 4.78 is 13.8. The molecule has 0 saturated carbocycles. The van der Waals surface area contributed by atoms with Crippen molar-refractivity contribution in [2.75, 3.05) is 13.6 Å². The summed E-state index contributed by atoms with van der Waals surface area (Å²) in [6.45, 7) is 3.08. The first-order chi connectivity index (χ1) is 8.79. The highest BCUT2D eigenvalue weighted by molar-refractivity contribution is 5.22. The number of hydrogen-bond acceptors (Lipinski definition) is 1. The Labute approximate surface area is 111 Å². The Morgan fingerprint density at radius 3 is 2.50 bits per heavy atom. The molecule has 102 valence electrons. The molecule has 0 saturated heterocycles. The van der Waals surface area contributed by atoms with Crippen LogP contribution < -0.4 is 5.32 Å². The lowest BCUT2D eigenvalue weighted by molar-refractivity contribution is 0.503. The van der Waals surface area contributed by atoms with E-state index >= 15 is 0 Å². The molecule has 1 atom stereocenters. The second-order valence-corrected chi connectivity index (χ2v) is 4.98. The predicted molar refractivity (Wildman–Crippen MR) is 76.4 cm³/mol. The molecule has 0 aliphatic carbocycles. The van der Waals surface area contributed by atoms with E-state index in [9.17, 15) is 4.39 Å². The average molecular weight is 251 g/mol. The summed E-state index contributed by atoms with van der Waals surface area (Å²) in [7, 11) is 1.94. The van der Waals surface area contributed by atoms with Crippen molar-refractivity contribution in [1.29, 1.82) is 0 Å². The van der Waals surface area contributed by atoms with Crippen molar-refractivity contribution in [3.05, 3.63) is 35.6 Å². The van der Waals surface area contributed by atoms with Crippen LogP contribution in [0, 0.1) is 5.82 Å². The first kappa shape index (κ1) is 15.2. The van der Waals surface area contributed by atoms with Crippen molar-refractivity contribution in [2.24, 2.45) is 0 Å². The number of benzene rings is 1. The van der Waals surface area contributed by atoms with Gasteiger partial charge >= 0.3 is 0 Å². The molecule has 0 bridgehead atoms. The van der Waals surface area contributed by atoms with Crippen molar-refractivity contribution in [2.45, 2.75) is 51.4 Å². The van der Waals surface area contributed by atoms with Gasteiger partial charge in [0.1, 0.15) is 5.82 Å². The summed E-state index contributed by atoms with van der Waals surface area (Å²) in [5.41, 5.74) is 0.863. The van der Waals surface area contributed by atoms with E-state index in [0.717, 1.165) is 18.5 Å². The Bertz CT molecular complexity index is 325. The normalized spacial score (nSPS) is 12.6. The van der Waals surface area contributed by atoms with E-state index in [0.29, 0.717) is 5.92 Å². The molecule has 1 rings (SSSR count). The highest BCUT2D eigenvalue weighted by Crippen LogP contribution is 2.24. The van der Waals surface area contributed by atoms with Crippen LogP contribution in [0.4, 0.5) is 4.39 Å². The Kier molecular flexibility index (Phi) is 7.66. The predicted octanol–water partition coefficient (Wildman–Crippen LogP) is 4.49. The van der Waals surface area contributed by atoms with E-state index < -0.39 is 0 Å². The smallest absolute Gasteiger partial charge is 0.126 e. The Morgan fingerprint density at radius 2 is 1.83 bits per heavy atom. The SMILES string of the molecule is CCCCCCCC(CNC)c1ccccc1F. The van der Waals surface area contributed by atoms with Gasteiger partial charge in [-0.25, -0.2) is 4.39 Å². The summed E-state index contributed by atoms with van der Waals surface area (Å²) in [6, 6.07) is 7.17. The molecule has 0 fully saturated rings. The van der Waals surface area contributed by atoms with Gasteiger partial charge in [0, 0.05) is 6.54 Å². The molecule has 2 heteroatoms. The number of nitrogens with one attached hydrogen (secondary N) is 1. The van der Waals surface area contributed by atoms with Gasteiger partial charge < -0.3 is 5.32 Å². The van der Waals surface area contributed by atoms with Crippen LogP contribution in [0.2, 0.25) is 0 Å². The molecule has 0 aliphatic rings. The molecule has 0 amide bonds. The van der Waals surface area contributed by atoms with Gasteiger partial charge in [0.05, 0.1) is 0 Å². The van der Waals surface area contributed by atoms with Gasteiger partial charge in [-0.1, -0.05) is 57.2 Å². The van der Waals surface area contributed by atoms with Crippen molar-refractivity contribution >= 4 is 0 Å². The average Bonchev–Trinajstić information content (AvgIpc) is 2.38. The van der Waals surface area contributed by atoms with Crippen molar-refractivity contribution < 1.29 is 4.39 Å². The summed E-state index contributed by atoms with van der Waals surface area (Å²) >= 11 is 0. The maximum atomic E-state index is 13.8. The monoisotopic (exact) mass is 251 g/mol. The number of likely N-dealkylation sites (N-methyl/N-ethyl adjacent to an activating group) is 1. The third kappa shape index (κ3) is 5.18. The quantitative estimate of drug-likeness (QED) is 0.638. The minimum atomic E-state index is -0.0636. The first-order valence-corrected chi connectivity index (χ1v) is 7.18. The highest BCUT2D eigenvalue weighted by Gasteiger charge is 2.14. The summed E-state index contributed by atoms with van der Waals surface area (Å²) in [4.78, 5) is 0. The molecule has 1 aromatic rings. The fourth-order valence-electron chi connectivity index (χ4n) is 2.41. The molecule has 0 aliphatic heterocycles. The van der Waals surface area contributed by atoms with Crippen LogP contribution in [-0.4, -0.2) is 13.6 Å². The van der Waals surface area contributed by atoms with Crippen molar-refractivity contribution in [3.63, 3.8) is 0 Å². The lowest BCUT2D eigenvalue weighted by Crippen LogP contribution is -2.18. The first-order valence-electron chi connectivity index (χ1n) is 7.18. The molecule has 0 heterocycles. The largest absolute Gasteiger partial charge is 0.319 e. The highest BCUT2D eigenvalue weighted by atomic mass is 19.1. The second-order valence-electron chi connectivity index (χ2n) is 4.98. The molecule has 1 nitrogen and oxygen atoms in total. The summed E-state index contributed by atoms with van der Waals surface area (Å²) in [5, 5.41) is 3.18. The lowest BCUT2D eigenvalue weighted by atomic mass is 9.92. The fraction of sp³-hybridized carbons (Fsp3) is 0.625. The Morgan fingerprint density at radius 1 is 1.11 bits per heavy atom. The van der Waals surface area contributed by atoms with Gasteiger partial charge in [-0.05, 0) is 31.0 Å². The summed E-state index contributed by atoms with van der Waals surface area (Å²) in [6.07, 6.45) is 7.43. The molecule has 18 heavy (non-hydrogen) atoms. The van der Waals surface area contributed by atoms with Gasteiger partial charge in [0.2, 0.25) is 0 Å². The fourth-order valence-corrected chi connectivity index (χ4v) is 2.41. The molecule has 0 radical (unpaired) electrons. The van der Waals surface area contributed by atoms with Crippen LogP contribution in [0.1, 0.15) is 56.9 Å². The lowest BCUT2D eigenvalue weighted by Gasteiger charge is -2.17. The molecule has 1 unspecified atom stereocenters. The zero-order chi connectivity index (χ0) is 13.2. The third-order valence-electron chi connectivity index (χ3n) is 3.45. The van der Waals surface area contributed by atoms with E-state index in [4.69, 9.17) is 0 Å². The van der Waals surface area contributed by atoms with E-state index in [-0.39, 0.29) is 5.82 Å². The van der Waals surface area contributed by atoms with E-state index in [1.54, 1.807) is 12.1 Å². The molecule has 0 aromatic heterocycles. The molecule has 0 spiro atoms. The molecule has 1 N–H and O–H groups in total. The molecular formula is C16H26FN. The van der Waals surface area contributed by atoms with Crippen molar-refractivity contribution in [1.82, 2.24) is 5.32 Å². The summed E-state index contributed by atoms with van der Waals surface area (Å²) in [5.74, 6) is 0.240. The minimum absolute atomic E-state index is 0.0636.